The topological polar surface area (TPSA) is 81.4 Å². The standard InChI is InChI=1S/C7H5N5O/c1-4-2-6-9-3-5(10-8)7(13)12(6)11-4/h2-3H,1H3. The zero-order valence-electron chi connectivity index (χ0n) is 6.80. The summed E-state index contributed by atoms with van der Waals surface area (Å²) in [5.74, 6) is -0.472. The predicted octanol–water partition coefficient (Wildman–Crippen LogP) is 0.596. The number of hydrogen-bond acceptors (Lipinski definition) is 4. The molecule has 0 aliphatic rings. The van der Waals surface area contributed by atoms with E-state index in [2.05, 4.69) is 15.1 Å². The van der Waals surface area contributed by atoms with Gasteiger partial charge in [0.05, 0.1) is 11.6 Å². The second kappa shape index (κ2) is 2.42. The Bertz CT molecular complexity index is 509. The molecule has 0 amide bonds. The van der Waals surface area contributed by atoms with E-state index < -0.39 is 5.88 Å². The minimum atomic E-state index is -0.472. The molecule has 64 valence electrons. The van der Waals surface area contributed by atoms with Gasteiger partial charge in [0.15, 0.2) is 10.6 Å². The Balaban J connectivity index is 2.87. The number of rotatable bonds is 0. The first-order valence-corrected chi connectivity index (χ1v) is 3.60. The highest BCUT2D eigenvalue weighted by atomic mass is 16.3. The third-order valence-corrected chi connectivity index (χ3v) is 1.65. The molecule has 0 unspecified atom stereocenters. The summed E-state index contributed by atoms with van der Waals surface area (Å²) in [7, 11) is 0. The molecule has 0 aliphatic heterocycles. The Morgan fingerprint density at radius 2 is 2.38 bits per heavy atom. The van der Waals surface area contributed by atoms with Crippen molar-refractivity contribution in [2.24, 2.45) is 0 Å². The number of aromatic nitrogens is 3. The van der Waals surface area contributed by atoms with Crippen molar-refractivity contribution in [1.29, 1.82) is 5.39 Å². The van der Waals surface area contributed by atoms with E-state index in [1.54, 1.807) is 13.0 Å². The van der Waals surface area contributed by atoms with E-state index in [9.17, 15) is 5.11 Å². The van der Waals surface area contributed by atoms with Crippen LogP contribution >= 0.6 is 0 Å². The van der Waals surface area contributed by atoms with Gasteiger partial charge in [-0.15, -0.1) is 0 Å². The van der Waals surface area contributed by atoms with E-state index in [0.29, 0.717) is 11.3 Å². The van der Waals surface area contributed by atoms with Crippen molar-refractivity contribution in [2.75, 3.05) is 0 Å². The lowest BCUT2D eigenvalue weighted by Crippen LogP contribution is -2.01. The quantitative estimate of drug-likeness (QED) is 0.549. The first-order valence-electron chi connectivity index (χ1n) is 3.60. The molecule has 0 atom stereocenters. The Labute approximate surface area is 73.1 Å². The van der Waals surface area contributed by atoms with Gasteiger partial charge in [-0.3, -0.25) is 0 Å². The predicted molar refractivity (Wildman–Crippen MR) is 41.9 cm³/mol. The van der Waals surface area contributed by atoms with E-state index >= 15 is 0 Å². The van der Waals surface area contributed by atoms with Crippen LogP contribution in [0.15, 0.2) is 12.3 Å². The van der Waals surface area contributed by atoms with Crippen molar-refractivity contribution in [3.8, 4) is 5.88 Å². The van der Waals surface area contributed by atoms with Crippen LogP contribution in [-0.2, 0) is 0 Å². The van der Waals surface area contributed by atoms with Gasteiger partial charge in [-0.25, -0.2) is 9.50 Å². The lowest BCUT2D eigenvalue weighted by molar-refractivity contribution is -0.276. The van der Waals surface area contributed by atoms with E-state index in [1.165, 1.54) is 6.20 Å². The number of hydrogen-bond donors (Lipinski definition) is 0. The van der Waals surface area contributed by atoms with E-state index in [-0.39, 0.29) is 5.69 Å². The minimum Gasteiger partial charge on any atom is -0.853 e. The summed E-state index contributed by atoms with van der Waals surface area (Å²) in [5.41, 5.74) is 1.03. The molecular weight excluding hydrogens is 170 g/mol. The van der Waals surface area contributed by atoms with Gasteiger partial charge < -0.3 is 5.11 Å². The van der Waals surface area contributed by atoms with E-state index in [4.69, 9.17) is 5.39 Å². The van der Waals surface area contributed by atoms with Gasteiger partial charge in [0.2, 0.25) is 5.39 Å². The summed E-state index contributed by atoms with van der Waals surface area (Å²) < 4.78 is 1.10. The second-order valence-electron chi connectivity index (χ2n) is 2.60. The van der Waals surface area contributed by atoms with Gasteiger partial charge in [-0.05, 0) is 6.92 Å². The second-order valence-corrected chi connectivity index (χ2v) is 2.60. The number of aryl methyl sites for hydroxylation is 1. The summed E-state index contributed by atoms with van der Waals surface area (Å²) in [6.07, 6.45) is 1.21. The lowest BCUT2D eigenvalue weighted by Gasteiger charge is -2.02. The molecule has 2 aromatic rings. The normalized spacial score (nSPS) is 10.2. The SMILES string of the molecule is Cc1cc2ncc([N+]#N)c([O-])n2n1. The maximum Gasteiger partial charge on any atom is 0.413 e. The summed E-state index contributed by atoms with van der Waals surface area (Å²) in [5, 5.41) is 23.7. The molecule has 6 nitrogen and oxygen atoms in total. The van der Waals surface area contributed by atoms with E-state index in [1.807, 2.05) is 0 Å². The van der Waals surface area contributed by atoms with Crippen molar-refractivity contribution in [1.82, 2.24) is 14.6 Å². The fraction of sp³-hybridized carbons (Fsp3) is 0.143. The molecular formula is C7H5N5O. The first kappa shape index (κ1) is 7.49. The van der Waals surface area contributed by atoms with Crippen LogP contribution in [0.5, 0.6) is 5.88 Å². The molecule has 2 rings (SSSR count). The van der Waals surface area contributed by atoms with Crippen molar-refractivity contribution < 1.29 is 5.11 Å². The maximum absolute atomic E-state index is 11.4. The third-order valence-electron chi connectivity index (χ3n) is 1.65. The van der Waals surface area contributed by atoms with Gasteiger partial charge in [-0.1, -0.05) is 0 Å². The van der Waals surface area contributed by atoms with Crippen LogP contribution in [0, 0.1) is 12.3 Å². The average molecular weight is 175 g/mol. The molecule has 0 radical (unpaired) electrons. The van der Waals surface area contributed by atoms with Crippen molar-refractivity contribution >= 4 is 11.3 Å². The van der Waals surface area contributed by atoms with Gasteiger partial charge in [0.1, 0.15) is 6.20 Å². The molecule has 0 saturated carbocycles. The molecule has 0 aliphatic carbocycles. The third kappa shape index (κ3) is 0.980. The van der Waals surface area contributed by atoms with Gasteiger partial charge >= 0.3 is 5.69 Å². The highest BCUT2D eigenvalue weighted by Crippen LogP contribution is 2.22. The van der Waals surface area contributed by atoms with E-state index in [0.717, 1.165) is 4.52 Å². The summed E-state index contributed by atoms with van der Waals surface area (Å²) in [6, 6.07) is 1.67. The monoisotopic (exact) mass is 175 g/mol. The van der Waals surface area contributed by atoms with Crippen LogP contribution in [0.1, 0.15) is 5.69 Å². The van der Waals surface area contributed by atoms with Crippen molar-refractivity contribution in [3.05, 3.63) is 22.9 Å². The summed E-state index contributed by atoms with van der Waals surface area (Å²) in [6.45, 7) is 1.75. The molecule has 13 heavy (non-hydrogen) atoms. The molecule has 2 heterocycles. The molecule has 6 heteroatoms. The smallest absolute Gasteiger partial charge is 0.413 e. The summed E-state index contributed by atoms with van der Waals surface area (Å²) in [4.78, 5) is 6.67. The first-order chi connectivity index (χ1) is 6.22. The number of nitrogens with zero attached hydrogens (tertiary/aromatic N) is 5. The molecule has 0 saturated heterocycles. The molecule has 2 aromatic heterocycles. The number of fused-ring (bicyclic) bond motifs is 1. The fourth-order valence-corrected chi connectivity index (χ4v) is 1.09. The highest BCUT2D eigenvalue weighted by molar-refractivity contribution is 5.55. The summed E-state index contributed by atoms with van der Waals surface area (Å²) >= 11 is 0. The molecule has 0 spiro atoms. The van der Waals surface area contributed by atoms with Crippen molar-refractivity contribution in [3.63, 3.8) is 0 Å². The average Bonchev–Trinajstić information content (AvgIpc) is 2.47. The van der Waals surface area contributed by atoms with Crippen molar-refractivity contribution in [2.45, 2.75) is 6.92 Å². The Kier molecular flexibility index (Phi) is 1.39. The largest absolute Gasteiger partial charge is 0.853 e. The molecule has 0 fully saturated rings. The lowest BCUT2D eigenvalue weighted by atomic mass is 10.5. The van der Waals surface area contributed by atoms with Crippen LogP contribution in [0.25, 0.3) is 10.6 Å². The van der Waals surface area contributed by atoms with Crippen LogP contribution < -0.4 is 5.11 Å². The van der Waals surface area contributed by atoms with Gasteiger partial charge in [0, 0.05) is 6.07 Å². The zero-order valence-corrected chi connectivity index (χ0v) is 6.80. The van der Waals surface area contributed by atoms with Crippen LogP contribution in [0.2, 0.25) is 0 Å². The highest BCUT2D eigenvalue weighted by Gasteiger charge is 2.11. The maximum atomic E-state index is 11.4. The van der Waals surface area contributed by atoms with Gasteiger partial charge in [-0.2, -0.15) is 5.10 Å². The van der Waals surface area contributed by atoms with Crippen LogP contribution in [0.4, 0.5) is 5.69 Å². The Morgan fingerprint density at radius 3 is 3.08 bits per heavy atom. The Morgan fingerprint density at radius 1 is 1.62 bits per heavy atom. The van der Waals surface area contributed by atoms with Gasteiger partial charge in [0.25, 0.3) is 0 Å². The van der Waals surface area contributed by atoms with Crippen LogP contribution in [0.3, 0.4) is 0 Å². The van der Waals surface area contributed by atoms with Crippen LogP contribution in [-0.4, -0.2) is 14.6 Å². The molecule has 0 aromatic carbocycles. The zero-order chi connectivity index (χ0) is 9.42. The number of diazo groups is 1. The minimum absolute atomic E-state index is 0.115. The fourth-order valence-electron chi connectivity index (χ4n) is 1.09. The molecule has 0 N–H and O–H groups in total. The Hall–Kier alpha value is -2.16. The molecule has 0 bridgehead atoms.